The first kappa shape index (κ1) is 18.7. The molecule has 2 saturated heterocycles. The molecule has 0 aromatic heterocycles. The maximum atomic E-state index is 13.1. The van der Waals surface area contributed by atoms with E-state index in [2.05, 4.69) is 17.3 Å². The van der Waals surface area contributed by atoms with E-state index in [1.54, 1.807) is 4.90 Å². The van der Waals surface area contributed by atoms with Crippen LogP contribution in [0.2, 0.25) is 0 Å². The Kier molecular flexibility index (Phi) is 4.97. The number of hydrogen-bond donors (Lipinski definition) is 0. The summed E-state index contributed by atoms with van der Waals surface area (Å²) in [6, 6.07) is 7.46. The molecule has 0 N–H and O–H groups in total. The van der Waals surface area contributed by atoms with E-state index in [1.807, 2.05) is 12.1 Å². The van der Waals surface area contributed by atoms with Crippen molar-refractivity contribution >= 4 is 17.7 Å². The second kappa shape index (κ2) is 7.43. The predicted octanol–water partition coefficient (Wildman–Crippen LogP) is 1.88. The number of nitrogens with zero attached hydrogens (tertiary/aromatic N) is 3. The Hall–Kier alpha value is -2.61. The minimum atomic E-state index is -0.661. The summed E-state index contributed by atoms with van der Waals surface area (Å²) in [5.74, 6) is -0.434. The summed E-state index contributed by atoms with van der Waals surface area (Å²) >= 11 is 0. The van der Waals surface area contributed by atoms with E-state index >= 15 is 0 Å². The number of benzene rings is 1. The highest BCUT2D eigenvalue weighted by molar-refractivity contribution is 5.99. The molecule has 0 unspecified atom stereocenters. The number of esters is 1. The number of methoxy groups -OCH3 is 1. The Bertz CT molecular complexity index is 801. The van der Waals surface area contributed by atoms with Gasteiger partial charge < -0.3 is 24.1 Å². The standard InChI is InChI=1S/C20H25N3O5/c1-26-18(24)17-11-15(21-27-2)12-23(17)19(25)22-9-7-20(8-10-22)16-6-4-3-5-14(16)13-28-20/h3-6,17H,7-13H2,1-2H3/b21-15+/t17-/m0/s1. The molecular weight excluding hydrogens is 362 g/mol. The van der Waals surface area contributed by atoms with Crippen LogP contribution in [-0.4, -0.2) is 67.4 Å². The minimum Gasteiger partial charge on any atom is -0.467 e. The first-order valence-corrected chi connectivity index (χ1v) is 9.52. The molecule has 28 heavy (non-hydrogen) atoms. The van der Waals surface area contributed by atoms with E-state index in [1.165, 1.54) is 30.2 Å². The highest BCUT2D eigenvalue weighted by atomic mass is 16.6. The number of hydrogen-bond acceptors (Lipinski definition) is 6. The lowest BCUT2D eigenvalue weighted by Gasteiger charge is -2.40. The summed E-state index contributed by atoms with van der Waals surface area (Å²) in [5.41, 5.74) is 2.83. The van der Waals surface area contributed by atoms with E-state index in [0.717, 1.165) is 12.8 Å². The molecule has 0 aliphatic carbocycles. The van der Waals surface area contributed by atoms with Crippen molar-refractivity contribution in [3.63, 3.8) is 0 Å². The van der Waals surface area contributed by atoms with Gasteiger partial charge in [-0.15, -0.1) is 0 Å². The summed E-state index contributed by atoms with van der Waals surface area (Å²) in [7, 11) is 2.78. The summed E-state index contributed by atoms with van der Waals surface area (Å²) < 4.78 is 11.0. The fourth-order valence-electron chi connectivity index (χ4n) is 4.49. The maximum Gasteiger partial charge on any atom is 0.329 e. The molecule has 0 saturated carbocycles. The fraction of sp³-hybridized carbons (Fsp3) is 0.550. The fourth-order valence-corrected chi connectivity index (χ4v) is 4.49. The third-order valence-corrected chi connectivity index (χ3v) is 5.95. The van der Waals surface area contributed by atoms with Crippen LogP contribution in [0.15, 0.2) is 29.4 Å². The maximum absolute atomic E-state index is 13.1. The Morgan fingerprint density at radius 3 is 2.68 bits per heavy atom. The molecule has 3 aliphatic heterocycles. The van der Waals surface area contributed by atoms with Gasteiger partial charge in [-0.2, -0.15) is 0 Å². The Morgan fingerprint density at radius 2 is 1.96 bits per heavy atom. The zero-order chi connectivity index (χ0) is 19.7. The van der Waals surface area contributed by atoms with E-state index in [0.29, 0.717) is 31.8 Å². The molecule has 3 aliphatic rings. The summed E-state index contributed by atoms with van der Waals surface area (Å²) in [4.78, 5) is 33.4. The molecule has 2 fully saturated rings. The van der Waals surface area contributed by atoms with Crippen LogP contribution in [0.3, 0.4) is 0 Å². The lowest BCUT2D eigenvalue weighted by atomic mass is 9.84. The molecule has 0 radical (unpaired) electrons. The van der Waals surface area contributed by atoms with Crippen LogP contribution in [0.1, 0.15) is 30.4 Å². The van der Waals surface area contributed by atoms with E-state index in [4.69, 9.17) is 14.3 Å². The van der Waals surface area contributed by atoms with Crippen LogP contribution in [-0.2, 0) is 31.3 Å². The first-order valence-electron chi connectivity index (χ1n) is 9.52. The van der Waals surface area contributed by atoms with Gasteiger partial charge in [0.1, 0.15) is 13.2 Å². The number of rotatable bonds is 2. The van der Waals surface area contributed by atoms with Crippen molar-refractivity contribution < 1.29 is 23.9 Å². The molecule has 2 amide bonds. The predicted molar refractivity (Wildman–Crippen MR) is 101 cm³/mol. The van der Waals surface area contributed by atoms with Gasteiger partial charge in [0.05, 0.1) is 31.6 Å². The number of likely N-dealkylation sites (tertiary alicyclic amines) is 2. The van der Waals surface area contributed by atoms with Crippen molar-refractivity contribution in [1.29, 1.82) is 0 Å². The van der Waals surface area contributed by atoms with Crippen LogP contribution in [0.4, 0.5) is 4.79 Å². The number of amides is 2. The zero-order valence-corrected chi connectivity index (χ0v) is 16.2. The van der Waals surface area contributed by atoms with Crippen LogP contribution in [0.5, 0.6) is 0 Å². The highest BCUT2D eigenvalue weighted by Gasteiger charge is 2.46. The number of urea groups is 1. The molecule has 3 heterocycles. The van der Waals surface area contributed by atoms with Crippen molar-refractivity contribution in [2.45, 2.75) is 37.5 Å². The number of fused-ring (bicyclic) bond motifs is 2. The van der Waals surface area contributed by atoms with Gasteiger partial charge in [-0.3, -0.25) is 0 Å². The Morgan fingerprint density at radius 1 is 1.21 bits per heavy atom. The average Bonchev–Trinajstić information content (AvgIpc) is 3.31. The van der Waals surface area contributed by atoms with Gasteiger partial charge in [-0.05, 0) is 24.0 Å². The highest BCUT2D eigenvalue weighted by Crippen LogP contribution is 2.44. The lowest BCUT2D eigenvalue weighted by Crippen LogP contribution is -2.52. The SMILES string of the molecule is CO/N=C1\C[C@@H](C(=O)OC)N(C(=O)N2CCC3(CC2)OCc2ccccc23)C1. The van der Waals surface area contributed by atoms with Gasteiger partial charge in [0, 0.05) is 19.5 Å². The van der Waals surface area contributed by atoms with Gasteiger partial charge in [0.15, 0.2) is 0 Å². The zero-order valence-electron chi connectivity index (χ0n) is 16.2. The lowest BCUT2D eigenvalue weighted by molar-refractivity contribution is -0.145. The normalized spacial score (nSPS) is 24.5. The van der Waals surface area contributed by atoms with Crippen LogP contribution in [0, 0.1) is 0 Å². The first-order chi connectivity index (χ1) is 13.6. The molecule has 4 rings (SSSR count). The molecule has 1 atom stereocenters. The summed E-state index contributed by atoms with van der Waals surface area (Å²) in [5, 5.41) is 3.93. The van der Waals surface area contributed by atoms with E-state index < -0.39 is 12.0 Å². The number of oxime groups is 1. The average molecular weight is 387 g/mol. The summed E-state index contributed by atoms with van der Waals surface area (Å²) in [6.45, 7) is 2.05. The van der Waals surface area contributed by atoms with Crippen molar-refractivity contribution in [2.24, 2.45) is 5.16 Å². The minimum absolute atomic E-state index is 0.169. The number of carbonyl (C=O) groups excluding carboxylic acids is 2. The van der Waals surface area contributed by atoms with Gasteiger partial charge in [-0.25, -0.2) is 9.59 Å². The van der Waals surface area contributed by atoms with E-state index in [9.17, 15) is 9.59 Å². The Labute approximate surface area is 164 Å². The molecule has 8 heteroatoms. The molecule has 8 nitrogen and oxygen atoms in total. The van der Waals surface area contributed by atoms with Gasteiger partial charge in [-0.1, -0.05) is 29.4 Å². The van der Waals surface area contributed by atoms with Crippen LogP contribution >= 0.6 is 0 Å². The van der Waals surface area contributed by atoms with Crippen molar-refractivity contribution in [3.8, 4) is 0 Å². The molecule has 150 valence electrons. The Balaban J connectivity index is 1.46. The third-order valence-electron chi connectivity index (χ3n) is 5.95. The van der Waals surface area contributed by atoms with Crippen molar-refractivity contribution in [1.82, 2.24) is 9.80 Å². The second-order valence-electron chi connectivity index (χ2n) is 7.42. The van der Waals surface area contributed by atoms with Crippen LogP contribution < -0.4 is 0 Å². The molecule has 0 bridgehead atoms. The molecule has 1 aromatic carbocycles. The molecule has 1 spiro atoms. The molecular formula is C20H25N3O5. The largest absolute Gasteiger partial charge is 0.467 e. The van der Waals surface area contributed by atoms with Gasteiger partial charge >= 0.3 is 12.0 Å². The van der Waals surface area contributed by atoms with Crippen molar-refractivity contribution in [2.75, 3.05) is 33.9 Å². The molecule has 1 aromatic rings. The summed E-state index contributed by atoms with van der Waals surface area (Å²) in [6.07, 6.45) is 1.82. The van der Waals surface area contributed by atoms with E-state index in [-0.39, 0.29) is 18.2 Å². The number of ether oxygens (including phenoxy) is 2. The quantitative estimate of drug-likeness (QED) is 0.572. The second-order valence-corrected chi connectivity index (χ2v) is 7.42. The van der Waals surface area contributed by atoms with Crippen molar-refractivity contribution in [3.05, 3.63) is 35.4 Å². The van der Waals surface area contributed by atoms with Gasteiger partial charge in [0.2, 0.25) is 0 Å². The smallest absolute Gasteiger partial charge is 0.329 e. The topological polar surface area (TPSA) is 80.7 Å². The van der Waals surface area contributed by atoms with Gasteiger partial charge in [0.25, 0.3) is 0 Å². The number of carbonyl (C=O) groups is 2. The third kappa shape index (κ3) is 3.11. The monoisotopic (exact) mass is 387 g/mol. The van der Waals surface area contributed by atoms with Crippen LogP contribution in [0.25, 0.3) is 0 Å². The number of piperidine rings is 1.